The molecule has 0 amide bonds. The molecule has 3 aromatic rings. The van der Waals surface area contributed by atoms with Crippen LogP contribution in [-0.2, 0) is 0 Å². The van der Waals surface area contributed by atoms with Crippen molar-refractivity contribution in [3.05, 3.63) is 59.9 Å². The summed E-state index contributed by atoms with van der Waals surface area (Å²) in [4.78, 5) is 0. The van der Waals surface area contributed by atoms with E-state index in [1.165, 1.54) is 12.1 Å². The Hall–Kier alpha value is -2.62. The molecule has 0 aliphatic heterocycles. The highest BCUT2D eigenvalue weighted by Gasteiger charge is 2.17. The third-order valence-corrected chi connectivity index (χ3v) is 3.11. The van der Waals surface area contributed by atoms with Crippen LogP contribution in [0.15, 0.2) is 53.1 Å². The molecule has 1 aromatic heterocycles. The van der Waals surface area contributed by atoms with Crippen LogP contribution in [0.2, 0.25) is 0 Å². The Morgan fingerprint density at radius 1 is 1.05 bits per heavy atom. The zero-order valence-electron chi connectivity index (χ0n) is 10.9. The molecule has 1 heterocycles. The van der Waals surface area contributed by atoms with E-state index in [2.05, 4.69) is 5.16 Å². The number of nitrogens with zero attached hydrogens (tertiary/aromatic N) is 1. The summed E-state index contributed by atoms with van der Waals surface area (Å²) in [7, 11) is 0. The highest BCUT2D eigenvalue weighted by atomic mass is 19.1. The van der Waals surface area contributed by atoms with Gasteiger partial charge in [-0.05, 0) is 30.7 Å². The van der Waals surface area contributed by atoms with Crippen LogP contribution >= 0.6 is 0 Å². The van der Waals surface area contributed by atoms with Gasteiger partial charge in [-0.15, -0.1) is 0 Å². The summed E-state index contributed by atoms with van der Waals surface area (Å²) in [5.74, 6) is 0.488. The van der Waals surface area contributed by atoms with Gasteiger partial charge in [0.1, 0.15) is 5.82 Å². The summed E-state index contributed by atoms with van der Waals surface area (Å²) in [6.45, 7) is 1.99. The highest BCUT2D eigenvalue weighted by Crippen LogP contribution is 2.36. The summed E-state index contributed by atoms with van der Waals surface area (Å²) in [5.41, 5.74) is 9.11. The van der Waals surface area contributed by atoms with Gasteiger partial charge in [-0.1, -0.05) is 41.1 Å². The lowest BCUT2D eigenvalue weighted by molar-refractivity contribution is 0.436. The zero-order valence-corrected chi connectivity index (χ0v) is 10.9. The predicted molar refractivity (Wildman–Crippen MR) is 76.5 cm³/mol. The van der Waals surface area contributed by atoms with E-state index in [0.29, 0.717) is 16.9 Å². The maximum Gasteiger partial charge on any atom is 0.176 e. The quantitative estimate of drug-likeness (QED) is 0.763. The number of rotatable bonds is 2. The third kappa shape index (κ3) is 2.16. The second-order valence-corrected chi connectivity index (χ2v) is 4.65. The van der Waals surface area contributed by atoms with Gasteiger partial charge in [-0.2, -0.15) is 0 Å². The molecule has 0 saturated carbocycles. The summed E-state index contributed by atoms with van der Waals surface area (Å²) in [6.07, 6.45) is 0. The van der Waals surface area contributed by atoms with Gasteiger partial charge < -0.3 is 10.3 Å². The van der Waals surface area contributed by atoms with Crippen molar-refractivity contribution in [1.82, 2.24) is 5.16 Å². The van der Waals surface area contributed by atoms with Gasteiger partial charge in [0.2, 0.25) is 0 Å². The normalized spacial score (nSPS) is 10.7. The van der Waals surface area contributed by atoms with Crippen molar-refractivity contribution in [2.45, 2.75) is 6.92 Å². The predicted octanol–water partition coefficient (Wildman–Crippen LogP) is 4.04. The van der Waals surface area contributed by atoms with Gasteiger partial charge in [-0.3, -0.25) is 0 Å². The van der Waals surface area contributed by atoms with Crippen LogP contribution in [0.3, 0.4) is 0 Å². The first-order valence-corrected chi connectivity index (χ1v) is 6.23. The number of aryl methyl sites for hydroxylation is 1. The van der Waals surface area contributed by atoms with E-state index in [0.717, 1.165) is 11.1 Å². The van der Waals surface area contributed by atoms with Crippen LogP contribution in [0.1, 0.15) is 5.56 Å². The lowest BCUT2D eigenvalue weighted by Crippen LogP contribution is -1.89. The largest absolute Gasteiger partial charge is 0.380 e. The number of halogens is 1. The molecule has 2 aromatic carbocycles. The summed E-state index contributed by atoms with van der Waals surface area (Å²) >= 11 is 0. The first kappa shape index (κ1) is 12.4. The molecule has 100 valence electrons. The number of nitrogen functional groups attached to an aromatic ring is 1. The van der Waals surface area contributed by atoms with Gasteiger partial charge in [-0.25, -0.2) is 4.39 Å². The van der Waals surface area contributed by atoms with Crippen molar-refractivity contribution in [1.29, 1.82) is 0 Å². The molecule has 0 saturated heterocycles. The zero-order chi connectivity index (χ0) is 14.1. The molecular weight excluding hydrogens is 255 g/mol. The Morgan fingerprint density at radius 3 is 2.55 bits per heavy atom. The number of nitrogens with two attached hydrogens (primary N) is 1. The van der Waals surface area contributed by atoms with Crippen molar-refractivity contribution < 1.29 is 8.91 Å². The Labute approximate surface area is 115 Å². The topological polar surface area (TPSA) is 52.0 Å². The Balaban J connectivity index is 2.20. The minimum Gasteiger partial charge on any atom is -0.380 e. The molecule has 3 nitrogen and oxygen atoms in total. The minimum atomic E-state index is -0.321. The fourth-order valence-corrected chi connectivity index (χ4v) is 2.21. The lowest BCUT2D eigenvalue weighted by atomic mass is 10.0. The summed E-state index contributed by atoms with van der Waals surface area (Å²) in [6, 6.07) is 14.0. The average molecular weight is 268 g/mol. The smallest absolute Gasteiger partial charge is 0.176 e. The Bertz CT molecular complexity index is 765. The van der Waals surface area contributed by atoms with E-state index in [-0.39, 0.29) is 11.6 Å². The van der Waals surface area contributed by atoms with Crippen molar-refractivity contribution in [3.63, 3.8) is 0 Å². The Kier molecular flexibility index (Phi) is 2.99. The first-order chi connectivity index (χ1) is 9.65. The van der Waals surface area contributed by atoms with Gasteiger partial charge in [0.15, 0.2) is 11.6 Å². The van der Waals surface area contributed by atoms with Gasteiger partial charge in [0.25, 0.3) is 0 Å². The fraction of sp³-hybridized carbons (Fsp3) is 0.0625. The molecule has 0 radical (unpaired) electrons. The van der Waals surface area contributed by atoms with Gasteiger partial charge in [0, 0.05) is 5.56 Å². The summed E-state index contributed by atoms with van der Waals surface area (Å²) in [5, 5.41) is 3.81. The average Bonchev–Trinajstić information content (AvgIpc) is 2.80. The van der Waals surface area contributed by atoms with Crippen molar-refractivity contribution in [3.8, 4) is 22.5 Å². The van der Waals surface area contributed by atoms with Crippen LogP contribution in [0.4, 0.5) is 10.2 Å². The van der Waals surface area contributed by atoms with Crippen LogP contribution in [0.25, 0.3) is 22.5 Å². The molecule has 2 N–H and O–H groups in total. The molecule has 0 aliphatic rings. The second kappa shape index (κ2) is 4.81. The van der Waals surface area contributed by atoms with E-state index < -0.39 is 0 Å². The lowest BCUT2D eigenvalue weighted by Gasteiger charge is -2.04. The van der Waals surface area contributed by atoms with E-state index >= 15 is 0 Å². The first-order valence-electron chi connectivity index (χ1n) is 6.23. The molecule has 20 heavy (non-hydrogen) atoms. The van der Waals surface area contributed by atoms with Gasteiger partial charge >= 0.3 is 0 Å². The van der Waals surface area contributed by atoms with Crippen molar-refractivity contribution >= 4 is 5.82 Å². The Morgan fingerprint density at radius 2 is 1.80 bits per heavy atom. The molecule has 0 unspecified atom stereocenters. The van der Waals surface area contributed by atoms with E-state index in [1.54, 1.807) is 12.1 Å². The molecular formula is C16H13FN2O. The van der Waals surface area contributed by atoms with Crippen LogP contribution in [-0.4, -0.2) is 5.16 Å². The minimum absolute atomic E-state index is 0.257. The fourth-order valence-electron chi connectivity index (χ4n) is 2.21. The van der Waals surface area contributed by atoms with Crippen LogP contribution < -0.4 is 5.73 Å². The maximum atomic E-state index is 13.4. The van der Waals surface area contributed by atoms with Crippen LogP contribution in [0, 0.1) is 12.7 Å². The standard InChI is InChI=1S/C16H13FN2O/c1-10-4-2-6-12(8-10)15-14(16(18)19-20-15)11-5-3-7-13(17)9-11/h2-9H,1H3,(H2,18,19). The second-order valence-electron chi connectivity index (χ2n) is 4.65. The number of anilines is 1. The van der Waals surface area contributed by atoms with E-state index in [1.807, 2.05) is 31.2 Å². The van der Waals surface area contributed by atoms with E-state index in [9.17, 15) is 4.39 Å². The number of benzene rings is 2. The maximum absolute atomic E-state index is 13.4. The molecule has 3 rings (SSSR count). The molecule has 0 bridgehead atoms. The van der Waals surface area contributed by atoms with Crippen molar-refractivity contribution in [2.75, 3.05) is 5.73 Å². The van der Waals surface area contributed by atoms with E-state index in [4.69, 9.17) is 10.3 Å². The van der Waals surface area contributed by atoms with Crippen LogP contribution in [0.5, 0.6) is 0 Å². The number of hydrogen-bond donors (Lipinski definition) is 1. The van der Waals surface area contributed by atoms with Gasteiger partial charge in [0.05, 0.1) is 5.56 Å². The molecule has 0 atom stereocenters. The SMILES string of the molecule is Cc1cccc(-c2onc(N)c2-c2cccc(F)c2)c1. The number of aromatic nitrogens is 1. The monoisotopic (exact) mass is 268 g/mol. The highest BCUT2D eigenvalue weighted by molar-refractivity contribution is 5.86. The third-order valence-electron chi connectivity index (χ3n) is 3.11. The molecule has 0 aliphatic carbocycles. The molecule has 4 heteroatoms. The molecule has 0 fully saturated rings. The summed E-state index contributed by atoms with van der Waals surface area (Å²) < 4.78 is 18.7. The van der Waals surface area contributed by atoms with Crippen molar-refractivity contribution in [2.24, 2.45) is 0 Å². The number of hydrogen-bond acceptors (Lipinski definition) is 3. The molecule has 0 spiro atoms.